The van der Waals surface area contributed by atoms with Crippen molar-refractivity contribution in [1.82, 2.24) is 9.88 Å². The smallest absolute Gasteiger partial charge is 0.253 e. The maximum Gasteiger partial charge on any atom is 0.253 e. The average Bonchev–Trinajstić information content (AvgIpc) is 3.21. The van der Waals surface area contributed by atoms with Crippen LogP contribution in [0, 0.1) is 0 Å². The molecule has 0 bridgehead atoms. The number of rotatable bonds is 2. The van der Waals surface area contributed by atoms with Crippen molar-refractivity contribution in [1.29, 1.82) is 0 Å². The lowest BCUT2D eigenvalue weighted by atomic mass is 10.1. The van der Waals surface area contributed by atoms with Crippen LogP contribution in [0.15, 0.2) is 48.0 Å². The number of aromatic amines is 1. The van der Waals surface area contributed by atoms with Gasteiger partial charge in [-0.25, -0.2) is 0 Å². The van der Waals surface area contributed by atoms with Gasteiger partial charge in [-0.05, 0) is 41.5 Å². The Bertz CT molecular complexity index is 809. The van der Waals surface area contributed by atoms with Crippen LogP contribution in [0.5, 0.6) is 0 Å². The lowest BCUT2D eigenvalue weighted by Gasteiger charge is -2.20. The third-order valence-corrected chi connectivity index (χ3v) is 6.74. The summed E-state index contributed by atoms with van der Waals surface area (Å²) < 4.78 is 0. The molecule has 1 aliphatic rings. The molecule has 1 unspecified atom stereocenters. The molecule has 23 heavy (non-hydrogen) atoms. The molecule has 0 radical (unpaired) electrons. The van der Waals surface area contributed by atoms with Crippen LogP contribution >= 0.6 is 23.1 Å². The summed E-state index contributed by atoms with van der Waals surface area (Å²) >= 11 is 3.79. The highest BCUT2D eigenvalue weighted by atomic mass is 32.2. The second-order valence-corrected chi connectivity index (χ2v) is 8.03. The van der Waals surface area contributed by atoms with E-state index in [9.17, 15) is 4.79 Å². The van der Waals surface area contributed by atoms with Crippen LogP contribution in [-0.4, -0.2) is 34.6 Å². The second kappa shape index (κ2) is 6.42. The normalized spacial score (nSPS) is 19.0. The van der Waals surface area contributed by atoms with Crippen molar-refractivity contribution in [2.24, 2.45) is 0 Å². The van der Waals surface area contributed by atoms with Crippen LogP contribution in [0.25, 0.3) is 10.9 Å². The van der Waals surface area contributed by atoms with Gasteiger partial charge in [0.1, 0.15) is 0 Å². The zero-order chi connectivity index (χ0) is 15.6. The zero-order valence-corrected chi connectivity index (χ0v) is 14.3. The molecular formula is C18H18N2OS2. The number of nitrogens with zero attached hydrogens (tertiary/aromatic N) is 1. The molecule has 5 heteroatoms. The molecule has 118 valence electrons. The summed E-state index contributed by atoms with van der Waals surface area (Å²) in [5.41, 5.74) is 1.80. The number of H-pyrrole nitrogens is 1. The van der Waals surface area contributed by atoms with Crippen LogP contribution in [0.1, 0.15) is 26.9 Å². The number of aromatic nitrogens is 1. The molecule has 1 fully saturated rings. The van der Waals surface area contributed by atoms with Crippen molar-refractivity contribution >= 4 is 39.9 Å². The molecule has 1 aliphatic heterocycles. The van der Waals surface area contributed by atoms with Crippen LogP contribution in [0.4, 0.5) is 0 Å². The number of carbonyl (C=O) groups is 1. The molecule has 1 N–H and O–H groups in total. The third-order valence-electron chi connectivity index (χ3n) is 4.29. The Kier molecular flexibility index (Phi) is 4.14. The third kappa shape index (κ3) is 3.03. The fourth-order valence-corrected chi connectivity index (χ4v) is 5.28. The van der Waals surface area contributed by atoms with E-state index in [2.05, 4.69) is 22.5 Å². The largest absolute Gasteiger partial charge is 0.361 e. The Hall–Kier alpha value is -1.72. The van der Waals surface area contributed by atoms with Crippen molar-refractivity contribution in [2.75, 3.05) is 18.8 Å². The molecular weight excluding hydrogens is 324 g/mol. The number of thiophene rings is 1. The van der Waals surface area contributed by atoms with E-state index in [4.69, 9.17) is 0 Å². The molecule has 0 spiro atoms. The van der Waals surface area contributed by atoms with Gasteiger partial charge in [-0.1, -0.05) is 12.1 Å². The molecule has 4 rings (SSSR count). The van der Waals surface area contributed by atoms with Gasteiger partial charge in [0.2, 0.25) is 0 Å². The fraction of sp³-hybridized carbons (Fsp3) is 0.278. The number of fused-ring (bicyclic) bond motifs is 1. The van der Waals surface area contributed by atoms with Gasteiger partial charge in [0.25, 0.3) is 5.91 Å². The topological polar surface area (TPSA) is 36.1 Å². The lowest BCUT2D eigenvalue weighted by molar-refractivity contribution is 0.0767. The quantitative estimate of drug-likeness (QED) is 0.742. The summed E-state index contributed by atoms with van der Waals surface area (Å²) in [6.45, 7) is 1.66. The van der Waals surface area contributed by atoms with Crippen molar-refractivity contribution < 1.29 is 4.79 Å². The molecule has 1 atom stereocenters. The molecule has 3 aromatic rings. The maximum atomic E-state index is 12.8. The van der Waals surface area contributed by atoms with Gasteiger partial charge in [0, 0.05) is 46.2 Å². The Labute approximate surface area is 143 Å². The van der Waals surface area contributed by atoms with E-state index in [1.807, 2.05) is 58.5 Å². The Morgan fingerprint density at radius 2 is 2.17 bits per heavy atom. The lowest BCUT2D eigenvalue weighted by Crippen LogP contribution is -2.32. The Morgan fingerprint density at radius 3 is 3.04 bits per heavy atom. The maximum absolute atomic E-state index is 12.8. The molecule has 1 amide bonds. The van der Waals surface area contributed by atoms with Crippen LogP contribution < -0.4 is 0 Å². The van der Waals surface area contributed by atoms with E-state index >= 15 is 0 Å². The summed E-state index contributed by atoms with van der Waals surface area (Å²) in [7, 11) is 0. The number of hydrogen-bond donors (Lipinski definition) is 1. The van der Waals surface area contributed by atoms with E-state index in [1.54, 1.807) is 0 Å². The number of carbonyl (C=O) groups excluding carboxylic acids is 1. The predicted molar refractivity (Wildman–Crippen MR) is 98.3 cm³/mol. The number of amides is 1. The first-order chi connectivity index (χ1) is 11.3. The van der Waals surface area contributed by atoms with Gasteiger partial charge < -0.3 is 9.88 Å². The van der Waals surface area contributed by atoms with Gasteiger partial charge in [-0.3, -0.25) is 4.79 Å². The van der Waals surface area contributed by atoms with E-state index in [-0.39, 0.29) is 5.91 Å². The number of benzene rings is 1. The van der Waals surface area contributed by atoms with Gasteiger partial charge in [0.15, 0.2) is 0 Å². The SMILES string of the molecule is O=C(c1ccc2cc[nH]c2c1)N1CCSC(c2cccs2)CC1. The minimum atomic E-state index is 0.147. The molecule has 1 aromatic carbocycles. The fourth-order valence-electron chi connectivity index (χ4n) is 3.04. The summed E-state index contributed by atoms with van der Waals surface area (Å²) in [4.78, 5) is 19.4. The molecule has 0 aliphatic carbocycles. The Balaban J connectivity index is 1.50. The van der Waals surface area contributed by atoms with E-state index in [1.165, 1.54) is 4.88 Å². The van der Waals surface area contributed by atoms with E-state index < -0.39 is 0 Å². The standard InChI is InChI=1S/C18H18N2OS2/c21-18(14-4-3-13-5-7-19-15(13)12-14)20-8-6-17(23-11-9-20)16-2-1-10-22-16/h1-5,7,10,12,17,19H,6,8-9,11H2. The minimum Gasteiger partial charge on any atom is -0.361 e. The highest BCUT2D eigenvalue weighted by molar-refractivity contribution is 7.99. The average molecular weight is 342 g/mol. The molecule has 3 heterocycles. The first-order valence-electron chi connectivity index (χ1n) is 7.83. The number of nitrogens with one attached hydrogen (secondary N) is 1. The molecule has 1 saturated heterocycles. The second-order valence-electron chi connectivity index (χ2n) is 5.74. The van der Waals surface area contributed by atoms with Crippen molar-refractivity contribution in [2.45, 2.75) is 11.7 Å². The van der Waals surface area contributed by atoms with Gasteiger partial charge in [0.05, 0.1) is 0 Å². The Morgan fingerprint density at radius 1 is 1.22 bits per heavy atom. The predicted octanol–water partition coefficient (Wildman–Crippen LogP) is 4.55. The van der Waals surface area contributed by atoms with Crippen molar-refractivity contribution in [3.8, 4) is 0 Å². The van der Waals surface area contributed by atoms with Gasteiger partial charge >= 0.3 is 0 Å². The highest BCUT2D eigenvalue weighted by Crippen LogP contribution is 2.36. The first-order valence-corrected chi connectivity index (χ1v) is 9.75. The molecule has 3 nitrogen and oxygen atoms in total. The molecule has 2 aromatic heterocycles. The van der Waals surface area contributed by atoms with E-state index in [0.29, 0.717) is 5.25 Å². The van der Waals surface area contributed by atoms with Gasteiger partial charge in [-0.2, -0.15) is 11.8 Å². The highest BCUT2D eigenvalue weighted by Gasteiger charge is 2.23. The van der Waals surface area contributed by atoms with Crippen molar-refractivity contribution in [3.63, 3.8) is 0 Å². The summed E-state index contributed by atoms with van der Waals surface area (Å²) in [6.07, 6.45) is 2.94. The summed E-state index contributed by atoms with van der Waals surface area (Å²) in [6, 6.07) is 12.3. The summed E-state index contributed by atoms with van der Waals surface area (Å²) in [5, 5.41) is 3.80. The number of hydrogen-bond acceptors (Lipinski definition) is 3. The van der Waals surface area contributed by atoms with Crippen LogP contribution in [0.3, 0.4) is 0 Å². The van der Waals surface area contributed by atoms with E-state index in [0.717, 1.165) is 41.7 Å². The summed E-state index contributed by atoms with van der Waals surface area (Å²) in [5.74, 6) is 1.15. The van der Waals surface area contributed by atoms with Gasteiger partial charge in [-0.15, -0.1) is 11.3 Å². The monoisotopic (exact) mass is 342 g/mol. The zero-order valence-electron chi connectivity index (χ0n) is 12.7. The van der Waals surface area contributed by atoms with Crippen LogP contribution in [0.2, 0.25) is 0 Å². The molecule has 0 saturated carbocycles. The van der Waals surface area contributed by atoms with Crippen molar-refractivity contribution in [3.05, 3.63) is 58.4 Å². The van der Waals surface area contributed by atoms with Crippen LogP contribution in [-0.2, 0) is 0 Å². The number of thioether (sulfide) groups is 1. The first kappa shape index (κ1) is 14.8. The minimum absolute atomic E-state index is 0.147.